The molecule has 1 saturated heterocycles. The van der Waals surface area contributed by atoms with Crippen LogP contribution in [0.25, 0.3) is 0 Å². The summed E-state index contributed by atoms with van der Waals surface area (Å²) >= 11 is 0. The molecule has 1 amide bonds. The number of hydrogen-bond acceptors (Lipinski definition) is 2. The van der Waals surface area contributed by atoms with Gasteiger partial charge in [0.2, 0.25) is 0 Å². The van der Waals surface area contributed by atoms with E-state index >= 15 is 0 Å². The molecule has 0 saturated carbocycles. The number of rotatable bonds is 2. The van der Waals surface area contributed by atoms with Crippen LogP contribution in [-0.4, -0.2) is 35.6 Å². The van der Waals surface area contributed by atoms with Crippen LogP contribution in [0.5, 0.6) is 0 Å². The van der Waals surface area contributed by atoms with Gasteiger partial charge in [-0.2, -0.15) is 0 Å². The van der Waals surface area contributed by atoms with Gasteiger partial charge in [0.1, 0.15) is 5.60 Å². The Morgan fingerprint density at radius 3 is 2.65 bits per heavy atom. The summed E-state index contributed by atoms with van der Waals surface area (Å²) in [5, 5.41) is 0. The zero-order valence-corrected chi connectivity index (χ0v) is 14.2. The van der Waals surface area contributed by atoms with Gasteiger partial charge in [-0.15, -0.1) is 0 Å². The third-order valence-electron chi connectivity index (χ3n) is 4.01. The molecule has 128 valence electrons. The molecule has 0 spiro atoms. The van der Waals surface area contributed by atoms with Gasteiger partial charge in [0.05, 0.1) is 12.5 Å². The molecule has 1 aliphatic heterocycles. The summed E-state index contributed by atoms with van der Waals surface area (Å²) in [7, 11) is 0. The molecular weight excluding hydrogens is 300 g/mol. The predicted molar refractivity (Wildman–Crippen MR) is 85.9 cm³/mol. The summed E-state index contributed by atoms with van der Waals surface area (Å²) < 4.78 is 34.4. The highest BCUT2D eigenvalue weighted by molar-refractivity contribution is 5.68. The number of nitrogens with zero attached hydrogens (tertiary/aromatic N) is 1. The minimum Gasteiger partial charge on any atom is -0.444 e. The third-order valence-corrected chi connectivity index (χ3v) is 4.01. The number of carbonyl (C=O) groups excluding carboxylic acids is 1. The Morgan fingerprint density at radius 2 is 2.09 bits per heavy atom. The second-order valence-corrected chi connectivity index (χ2v) is 7.10. The van der Waals surface area contributed by atoms with E-state index in [0.717, 1.165) is 16.9 Å². The molecule has 0 radical (unpaired) electrons. The Labute approximate surface area is 136 Å². The number of piperidine rings is 1. The highest BCUT2D eigenvalue weighted by Crippen LogP contribution is 2.40. The maximum atomic E-state index is 14.6. The molecule has 1 unspecified atom stereocenters. The number of aryl methyl sites for hydroxylation is 1. The maximum absolute atomic E-state index is 14.6. The average molecular weight is 325 g/mol. The second-order valence-electron chi connectivity index (χ2n) is 7.10. The number of likely N-dealkylation sites (tertiary alicyclic amines) is 1. The summed E-state index contributed by atoms with van der Waals surface area (Å²) in [4.78, 5) is 13.1. The molecule has 1 fully saturated rings. The third kappa shape index (κ3) is 4.43. The summed E-state index contributed by atoms with van der Waals surface area (Å²) in [6.45, 7) is 6.88. The van der Waals surface area contributed by atoms with Crippen molar-refractivity contribution in [3.63, 3.8) is 0 Å². The van der Waals surface area contributed by atoms with Crippen LogP contribution < -0.4 is 0 Å². The van der Waals surface area contributed by atoms with Crippen LogP contribution in [0, 0.1) is 0 Å². The van der Waals surface area contributed by atoms with Crippen molar-refractivity contribution in [2.75, 3.05) is 13.1 Å². The smallest absolute Gasteiger partial charge is 0.410 e. The first kappa shape index (κ1) is 17.7. The molecule has 1 aromatic carbocycles. The number of carbonyl (C=O) groups is 1. The van der Waals surface area contributed by atoms with E-state index in [2.05, 4.69) is 0 Å². The quantitative estimate of drug-likeness (QED) is 0.795. The molecule has 1 aromatic rings. The first-order valence-electron chi connectivity index (χ1n) is 8.07. The molecule has 5 heteroatoms. The molecule has 1 atom stereocenters. The van der Waals surface area contributed by atoms with Gasteiger partial charge in [-0.3, -0.25) is 0 Å². The lowest BCUT2D eigenvalue weighted by atomic mass is 9.85. The van der Waals surface area contributed by atoms with E-state index in [1.165, 1.54) is 0 Å². The van der Waals surface area contributed by atoms with E-state index in [9.17, 15) is 13.6 Å². The Kier molecular flexibility index (Phi) is 4.97. The van der Waals surface area contributed by atoms with Gasteiger partial charge in [0.25, 0.3) is 5.92 Å². The molecule has 23 heavy (non-hydrogen) atoms. The summed E-state index contributed by atoms with van der Waals surface area (Å²) in [5.41, 5.74) is 1.02. The Bertz CT molecular complexity index is 566. The van der Waals surface area contributed by atoms with E-state index in [1.54, 1.807) is 26.8 Å². The van der Waals surface area contributed by atoms with Crippen LogP contribution >= 0.6 is 0 Å². The molecular formula is C18H25F2NO2. The monoisotopic (exact) mass is 325 g/mol. The Morgan fingerprint density at radius 1 is 1.39 bits per heavy atom. The van der Waals surface area contributed by atoms with E-state index < -0.39 is 30.1 Å². The largest absolute Gasteiger partial charge is 0.444 e. The number of alkyl halides is 2. The minimum absolute atomic E-state index is 0.236. The summed E-state index contributed by atoms with van der Waals surface area (Å²) in [5.74, 6) is -3.81. The zero-order valence-electron chi connectivity index (χ0n) is 14.2. The normalized spacial score (nSPS) is 21.1. The molecule has 3 nitrogen and oxygen atoms in total. The minimum atomic E-state index is -2.96. The lowest BCUT2D eigenvalue weighted by molar-refractivity contribution is -0.0849. The van der Waals surface area contributed by atoms with Gasteiger partial charge in [-0.25, -0.2) is 13.6 Å². The van der Waals surface area contributed by atoms with Gasteiger partial charge < -0.3 is 9.64 Å². The van der Waals surface area contributed by atoms with Gasteiger partial charge in [0, 0.05) is 6.54 Å². The molecule has 0 N–H and O–H groups in total. The average Bonchev–Trinajstić information content (AvgIpc) is 2.44. The van der Waals surface area contributed by atoms with Crippen molar-refractivity contribution in [1.82, 2.24) is 4.90 Å². The SMILES string of the molecule is CCc1cccc(C2CCN(C(=O)OC(C)(C)C)CC2(F)F)c1. The summed E-state index contributed by atoms with van der Waals surface area (Å²) in [6, 6.07) is 7.37. The Balaban J connectivity index is 2.12. The van der Waals surface area contributed by atoms with Crippen molar-refractivity contribution >= 4 is 6.09 Å². The van der Waals surface area contributed by atoms with Crippen LogP contribution in [-0.2, 0) is 11.2 Å². The predicted octanol–water partition coefficient (Wildman–Crippen LogP) is 4.61. The number of amides is 1. The highest BCUT2D eigenvalue weighted by Gasteiger charge is 2.47. The van der Waals surface area contributed by atoms with Crippen molar-refractivity contribution < 1.29 is 18.3 Å². The van der Waals surface area contributed by atoms with Gasteiger partial charge in [-0.1, -0.05) is 31.2 Å². The van der Waals surface area contributed by atoms with Gasteiger partial charge >= 0.3 is 6.09 Å². The highest BCUT2D eigenvalue weighted by atomic mass is 19.3. The molecule has 0 aromatic heterocycles. The van der Waals surface area contributed by atoms with E-state index in [1.807, 2.05) is 25.1 Å². The Hall–Kier alpha value is -1.65. The van der Waals surface area contributed by atoms with Crippen molar-refractivity contribution in [3.05, 3.63) is 35.4 Å². The van der Waals surface area contributed by atoms with Crippen LogP contribution in [0.1, 0.15) is 51.2 Å². The van der Waals surface area contributed by atoms with Gasteiger partial charge in [-0.05, 0) is 44.7 Å². The fourth-order valence-electron chi connectivity index (χ4n) is 2.86. The first-order valence-corrected chi connectivity index (χ1v) is 8.07. The van der Waals surface area contributed by atoms with Crippen LogP contribution in [0.2, 0.25) is 0 Å². The zero-order chi connectivity index (χ0) is 17.3. The van der Waals surface area contributed by atoms with Crippen molar-refractivity contribution in [2.24, 2.45) is 0 Å². The molecule has 1 aliphatic rings. The number of ether oxygens (including phenoxy) is 1. The lowest BCUT2D eigenvalue weighted by Crippen LogP contribution is -2.50. The van der Waals surface area contributed by atoms with Crippen molar-refractivity contribution in [2.45, 2.75) is 58.0 Å². The van der Waals surface area contributed by atoms with E-state index in [-0.39, 0.29) is 13.0 Å². The van der Waals surface area contributed by atoms with Crippen LogP contribution in [0.15, 0.2) is 24.3 Å². The second kappa shape index (κ2) is 6.46. The van der Waals surface area contributed by atoms with E-state index in [4.69, 9.17) is 4.74 Å². The molecule has 0 bridgehead atoms. The number of hydrogen-bond donors (Lipinski definition) is 0. The number of halogens is 2. The molecule has 0 aliphatic carbocycles. The molecule has 2 rings (SSSR count). The van der Waals surface area contributed by atoms with Crippen molar-refractivity contribution in [3.8, 4) is 0 Å². The number of benzene rings is 1. The summed E-state index contributed by atoms with van der Waals surface area (Å²) in [6.07, 6.45) is 0.383. The first-order chi connectivity index (χ1) is 10.6. The van der Waals surface area contributed by atoms with Crippen LogP contribution in [0.3, 0.4) is 0 Å². The fraction of sp³-hybridized carbons (Fsp3) is 0.611. The molecule has 1 heterocycles. The maximum Gasteiger partial charge on any atom is 0.410 e. The topological polar surface area (TPSA) is 29.5 Å². The fourth-order valence-corrected chi connectivity index (χ4v) is 2.86. The van der Waals surface area contributed by atoms with Gasteiger partial charge in [0.15, 0.2) is 0 Å². The van der Waals surface area contributed by atoms with Crippen molar-refractivity contribution in [1.29, 1.82) is 0 Å². The van der Waals surface area contributed by atoms with E-state index in [0.29, 0.717) is 5.56 Å². The standard InChI is InChI=1S/C18H25F2NO2/c1-5-13-7-6-8-14(11-13)15-9-10-21(12-18(15,19)20)16(22)23-17(2,3)4/h6-8,11,15H,5,9-10,12H2,1-4H3. The van der Waals surface area contributed by atoms with Crippen LogP contribution in [0.4, 0.5) is 13.6 Å². The lowest BCUT2D eigenvalue weighted by Gasteiger charge is -2.39.